The van der Waals surface area contributed by atoms with Crippen molar-refractivity contribution in [3.63, 3.8) is 0 Å². The van der Waals surface area contributed by atoms with E-state index in [1.807, 2.05) is 25.6 Å². The number of likely N-dealkylation sites (N-methyl/N-ethyl adjacent to an activating group) is 1. The Hall–Kier alpha value is -0.220. The Morgan fingerprint density at radius 2 is 2.07 bits per heavy atom. The summed E-state index contributed by atoms with van der Waals surface area (Å²) in [6.45, 7) is 6.83. The van der Waals surface area contributed by atoms with Crippen LogP contribution in [-0.4, -0.2) is 29.5 Å². The highest BCUT2D eigenvalue weighted by Crippen LogP contribution is 2.15. The van der Waals surface area contributed by atoms with Crippen molar-refractivity contribution in [1.82, 2.24) is 5.32 Å². The van der Waals surface area contributed by atoms with Crippen molar-refractivity contribution < 1.29 is 4.79 Å². The van der Waals surface area contributed by atoms with Crippen LogP contribution in [0.3, 0.4) is 0 Å². The van der Waals surface area contributed by atoms with E-state index in [9.17, 15) is 4.79 Å². The van der Waals surface area contributed by atoms with Gasteiger partial charge in [-0.05, 0) is 37.8 Å². The zero-order valence-corrected chi connectivity index (χ0v) is 11.0. The molecule has 1 atom stereocenters. The Morgan fingerprint density at radius 1 is 1.40 bits per heavy atom. The minimum Gasteiger partial charge on any atom is -0.368 e. The summed E-state index contributed by atoms with van der Waals surface area (Å²) in [5.74, 6) is 2.10. The van der Waals surface area contributed by atoms with Crippen molar-refractivity contribution in [3.05, 3.63) is 0 Å². The lowest BCUT2D eigenvalue weighted by Crippen LogP contribution is -2.52. The quantitative estimate of drug-likeness (QED) is 0.596. The number of hydrogen-bond acceptors (Lipinski definition) is 3. The summed E-state index contributed by atoms with van der Waals surface area (Å²) in [7, 11) is 0. The Kier molecular flexibility index (Phi) is 7.88. The number of nitrogens with two attached hydrogens (primary N) is 1. The van der Waals surface area contributed by atoms with Crippen molar-refractivity contribution in [2.24, 2.45) is 5.73 Å². The van der Waals surface area contributed by atoms with Crippen molar-refractivity contribution in [3.8, 4) is 0 Å². The molecule has 3 N–H and O–H groups in total. The van der Waals surface area contributed by atoms with E-state index in [2.05, 4.69) is 12.2 Å². The molecule has 0 heterocycles. The number of rotatable bonds is 9. The number of nitrogens with one attached hydrogen (secondary N) is 1. The van der Waals surface area contributed by atoms with Crippen LogP contribution < -0.4 is 11.1 Å². The van der Waals surface area contributed by atoms with E-state index in [4.69, 9.17) is 5.73 Å². The number of carbonyl (C=O) groups excluding carboxylic acids is 1. The first-order chi connectivity index (χ1) is 7.06. The minimum atomic E-state index is -0.522. The molecule has 0 saturated carbocycles. The van der Waals surface area contributed by atoms with Crippen molar-refractivity contribution in [1.29, 1.82) is 0 Å². The maximum Gasteiger partial charge on any atom is 0.237 e. The lowest BCUT2D eigenvalue weighted by molar-refractivity contribution is -0.124. The van der Waals surface area contributed by atoms with E-state index in [-0.39, 0.29) is 5.91 Å². The summed E-state index contributed by atoms with van der Waals surface area (Å²) in [4.78, 5) is 11.3. The standard InChI is InChI=1S/C11H24N2OS/c1-4-13-11(3,10(12)14)8-6-7-9-15-5-2/h13H,4-9H2,1-3H3,(H2,12,14). The van der Waals surface area contributed by atoms with Crippen LogP contribution in [0.4, 0.5) is 0 Å². The maximum atomic E-state index is 11.3. The monoisotopic (exact) mass is 232 g/mol. The molecular formula is C11H24N2OS. The minimum absolute atomic E-state index is 0.243. The molecule has 3 nitrogen and oxygen atoms in total. The molecule has 0 spiro atoms. The smallest absolute Gasteiger partial charge is 0.237 e. The predicted molar refractivity (Wildman–Crippen MR) is 68.1 cm³/mol. The number of amides is 1. The van der Waals surface area contributed by atoms with E-state index >= 15 is 0 Å². The van der Waals surface area contributed by atoms with E-state index in [1.54, 1.807) is 0 Å². The zero-order chi connectivity index (χ0) is 11.7. The van der Waals surface area contributed by atoms with Crippen LogP contribution in [-0.2, 0) is 4.79 Å². The molecule has 4 heteroatoms. The van der Waals surface area contributed by atoms with Gasteiger partial charge >= 0.3 is 0 Å². The molecule has 0 aliphatic rings. The van der Waals surface area contributed by atoms with Crippen molar-refractivity contribution in [2.45, 2.75) is 45.6 Å². The van der Waals surface area contributed by atoms with Crippen LogP contribution in [0.5, 0.6) is 0 Å². The van der Waals surface area contributed by atoms with Crippen LogP contribution in [0.25, 0.3) is 0 Å². The third-order valence-electron chi connectivity index (χ3n) is 2.53. The molecule has 0 fully saturated rings. The number of carbonyl (C=O) groups is 1. The first kappa shape index (κ1) is 14.8. The summed E-state index contributed by atoms with van der Waals surface area (Å²) in [5, 5.41) is 3.17. The van der Waals surface area contributed by atoms with Gasteiger partial charge in [0.25, 0.3) is 0 Å². The second kappa shape index (κ2) is 7.99. The van der Waals surface area contributed by atoms with E-state index in [0.717, 1.165) is 25.8 Å². The molecule has 90 valence electrons. The van der Waals surface area contributed by atoms with Crippen LogP contribution in [0, 0.1) is 0 Å². The van der Waals surface area contributed by atoms with Crippen molar-refractivity contribution in [2.75, 3.05) is 18.1 Å². The Morgan fingerprint density at radius 3 is 2.53 bits per heavy atom. The molecule has 1 unspecified atom stereocenters. The molecule has 0 aromatic carbocycles. The molecule has 0 aliphatic heterocycles. The average molecular weight is 232 g/mol. The number of unbranched alkanes of at least 4 members (excludes halogenated alkanes) is 1. The van der Waals surface area contributed by atoms with E-state index < -0.39 is 5.54 Å². The van der Waals surface area contributed by atoms with Gasteiger partial charge in [0.1, 0.15) is 0 Å². The Balaban J connectivity index is 3.81. The van der Waals surface area contributed by atoms with Gasteiger partial charge in [0.15, 0.2) is 0 Å². The van der Waals surface area contributed by atoms with E-state index in [1.165, 1.54) is 11.5 Å². The second-order valence-electron chi connectivity index (χ2n) is 3.88. The fourth-order valence-corrected chi connectivity index (χ4v) is 2.21. The maximum absolute atomic E-state index is 11.3. The van der Waals surface area contributed by atoms with Gasteiger partial charge in [-0.1, -0.05) is 20.3 Å². The fraction of sp³-hybridized carbons (Fsp3) is 0.909. The van der Waals surface area contributed by atoms with Crippen LogP contribution in [0.1, 0.15) is 40.0 Å². The number of primary amides is 1. The van der Waals surface area contributed by atoms with Crippen LogP contribution in [0.15, 0.2) is 0 Å². The number of hydrogen-bond donors (Lipinski definition) is 2. The molecule has 0 radical (unpaired) electrons. The van der Waals surface area contributed by atoms with Crippen LogP contribution in [0.2, 0.25) is 0 Å². The van der Waals surface area contributed by atoms with Gasteiger partial charge in [-0.15, -0.1) is 0 Å². The summed E-state index contributed by atoms with van der Waals surface area (Å²) < 4.78 is 0. The van der Waals surface area contributed by atoms with E-state index in [0.29, 0.717) is 0 Å². The summed E-state index contributed by atoms with van der Waals surface area (Å²) in [6.07, 6.45) is 3.05. The normalized spacial score (nSPS) is 14.9. The number of thioether (sulfide) groups is 1. The zero-order valence-electron chi connectivity index (χ0n) is 10.1. The van der Waals surface area contributed by atoms with Gasteiger partial charge in [-0.25, -0.2) is 0 Å². The first-order valence-corrected chi connectivity index (χ1v) is 6.85. The molecule has 1 amide bonds. The third kappa shape index (κ3) is 6.05. The van der Waals surface area contributed by atoms with Gasteiger partial charge in [0.2, 0.25) is 5.91 Å². The van der Waals surface area contributed by atoms with Gasteiger partial charge in [0, 0.05) is 0 Å². The molecule has 0 aromatic rings. The summed E-state index contributed by atoms with van der Waals surface area (Å²) in [5.41, 5.74) is 4.87. The molecule has 0 saturated heterocycles. The highest BCUT2D eigenvalue weighted by Gasteiger charge is 2.28. The second-order valence-corrected chi connectivity index (χ2v) is 5.27. The first-order valence-electron chi connectivity index (χ1n) is 5.69. The lowest BCUT2D eigenvalue weighted by atomic mass is 9.94. The third-order valence-corrected chi connectivity index (χ3v) is 3.52. The molecule has 15 heavy (non-hydrogen) atoms. The highest BCUT2D eigenvalue weighted by atomic mass is 32.2. The molecular weight excluding hydrogens is 208 g/mol. The molecule has 0 bridgehead atoms. The SMILES string of the molecule is CCNC(C)(CCCCSCC)C(N)=O. The Labute approximate surface area is 97.6 Å². The molecule has 0 aliphatic carbocycles. The van der Waals surface area contributed by atoms with Gasteiger partial charge in [-0.2, -0.15) is 11.8 Å². The summed E-state index contributed by atoms with van der Waals surface area (Å²) in [6, 6.07) is 0. The van der Waals surface area contributed by atoms with Gasteiger partial charge in [-0.3, -0.25) is 4.79 Å². The largest absolute Gasteiger partial charge is 0.368 e. The molecule has 0 rings (SSSR count). The fourth-order valence-electron chi connectivity index (χ4n) is 1.52. The van der Waals surface area contributed by atoms with Crippen LogP contribution >= 0.6 is 11.8 Å². The van der Waals surface area contributed by atoms with Gasteiger partial charge < -0.3 is 11.1 Å². The topological polar surface area (TPSA) is 55.1 Å². The summed E-state index contributed by atoms with van der Waals surface area (Å²) >= 11 is 1.94. The van der Waals surface area contributed by atoms with Gasteiger partial charge in [0.05, 0.1) is 5.54 Å². The molecule has 0 aromatic heterocycles. The predicted octanol–water partition coefficient (Wildman–Crippen LogP) is 1.76. The lowest BCUT2D eigenvalue weighted by Gasteiger charge is -2.26. The Bertz CT molecular complexity index is 187. The average Bonchev–Trinajstić information content (AvgIpc) is 2.18. The van der Waals surface area contributed by atoms with Crippen molar-refractivity contribution >= 4 is 17.7 Å². The highest BCUT2D eigenvalue weighted by molar-refractivity contribution is 7.99.